The topological polar surface area (TPSA) is 115 Å². The van der Waals surface area contributed by atoms with E-state index in [0.29, 0.717) is 0 Å². The molecule has 10 atom stereocenters. The predicted octanol–water partition coefficient (Wildman–Crippen LogP) is -0.421. The fourth-order valence-corrected chi connectivity index (χ4v) is 6.76. The Balaban J connectivity index is 1.77. The average molecular weight is 382 g/mol. The van der Waals surface area contributed by atoms with Crippen molar-refractivity contribution in [1.29, 1.82) is 0 Å². The van der Waals surface area contributed by atoms with Crippen LogP contribution >= 0.6 is 0 Å². The molecular weight excluding hydrogens is 356 g/mol. The summed E-state index contributed by atoms with van der Waals surface area (Å²) in [6, 6.07) is 0. The molecule has 5 rings (SSSR count). The normalized spacial score (nSPS) is 60.7. The molecule has 2 aliphatic carbocycles. The molecule has 0 aromatic carbocycles. The third kappa shape index (κ3) is 1.52. The van der Waals surface area contributed by atoms with Crippen molar-refractivity contribution in [2.75, 3.05) is 7.11 Å². The van der Waals surface area contributed by atoms with E-state index in [1.165, 1.54) is 7.11 Å². The quantitative estimate of drug-likeness (QED) is 0.489. The molecule has 0 aromatic heterocycles. The van der Waals surface area contributed by atoms with Crippen LogP contribution in [-0.2, 0) is 28.5 Å². The van der Waals surface area contributed by atoms with Crippen LogP contribution in [0, 0.1) is 17.3 Å². The monoisotopic (exact) mass is 382 g/mol. The fourth-order valence-electron chi connectivity index (χ4n) is 6.76. The van der Waals surface area contributed by atoms with Gasteiger partial charge in [0.2, 0.25) is 0 Å². The van der Waals surface area contributed by atoms with E-state index in [9.17, 15) is 19.8 Å². The Hall–Kier alpha value is -1.06. The Labute approximate surface area is 157 Å². The number of fused-ring (bicyclic) bond motifs is 8. The molecule has 2 bridgehead atoms. The summed E-state index contributed by atoms with van der Waals surface area (Å²) in [4.78, 5) is 25.3. The molecule has 1 spiro atoms. The van der Waals surface area contributed by atoms with Gasteiger partial charge in [-0.3, -0.25) is 9.59 Å². The smallest absolute Gasteiger partial charge is 0.315 e. The van der Waals surface area contributed by atoms with Crippen molar-refractivity contribution in [2.45, 2.75) is 81.4 Å². The predicted molar refractivity (Wildman–Crippen MR) is 88.6 cm³/mol. The Morgan fingerprint density at radius 2 is 1.85 bits per heavy atom. The number of carbonyl (C=O) groups is 2. The summed E-state index contributed by atoms with van der Waals surface area (Å²) in [5, 5.41) is 23.6. The number of ether oxygens (including phenoxy) is 4. The molecule has 0 aromatic rings. The maximum atomic E-state index is 12.9. The lowest BCUT2D eigenvalue weighted by atomic mass is 9.48. The first-order valence-electron chi connectivity index (χ1n) is 9.55. The van der Waals surface area contributed by atoms with E-state index in [1.54, 1.807) is 27.7 Å². The van der Waals surface area contributed by atoms with Gasteiger partial charge < -0.3 is 29.2 Å². The van der Waals surface area contributed by atoms with E-state index in [0.717, 1.165) is 0 Å². The number of carbonyl (C=O) groups excluding carboxylic acids is 2. The van der Waals surface area contributed by atoms with E-state index in [1.807, 2.05) is 0 Å². The highest BCUT2D eigenvalue weighted by atomic mass is 16.7. The Morgan fingerprint density at radius 3 is 2.37 bits per heavy atom. The third-order valence-electron chi connectivity index (χ3n) is 8.23. The van der Waals surface area contributed by atoms with Gasteiger partial charge in [-0.25, -0.2) is 0 Å². The number of hydrogen-bond donors (Lipinski definition) is 2. The van der Waals surface area contributed by atoms with Crippen LogP contribution < -0.4 is 0 Å². The summed E-state index contributed by atoms with van der Waals surface area (Å²) in [5.74, 6) is -2.30. The molecule has 10 unspecified atom stereocenters. The second-order valence-electron chi connectivity index (χ2n) is 9.29. The lowest BCUT2D eigenvalue weighted by molar-refractivity contribution is -0.319. The molecule has 3 saturated heterocycles. The Bertz CT molecular complexity index is 752. The van der Waals surface area contributed by atoms with Gasteiger partial charge in [-0.15, -0.1) is 0 Å². The van der Waals surface area contributed by atoms with Gasteiger partial charge in [-0.2, -0.15) is 0 Å². The summed E-state index contributed by atoms with van der Waals surface area (Å²) in [7, 11) is 1.46. The molecule has 150 valence electrons. The zero-order valence-corrected chi connectivity index (χ0v) is 16.1. The highest BCUT2D eigenvalue weighted by molar-refractivity contribution is 5.87. The summed E-state index contributed by atoms with van der Waals surface area (Å²) in [5.41, 5.74) is -5.66. The summed E-state index contributed by atoms with van der Waals surface area (Å²) >= 11 is 0. The SMILES string of the molecule is COC1C2OC(=O)C(C2(O)C(C)C)C2(O)C3OC3C3(CC(=O)C(C)O3)C12C. The molecule has 0 radical (unpaired) electrons. The number of epoxide rings is 1. The van der Waals surface area contributed by atoms with Crippen molar-refractivity contribution in [2.24, 2.45) is 17.3 Å². The Morgan fingerprint density at radius 1 is 1.19 bits per heavy atom. The molecule has 3 aliphatic heterocycles. The number of esters is 1. The summed E-state index contributed by atoms with van der Waals surface area (Å²) < 4.78 is 23.3. The lowest BCUT2D eigenvalue weighted by Crippen LogP contribution is -2.78. The van der Waals surface area contributed by atoms with Crippen LogP contribution in [0.2, 0.25) is 0 Å². The average Bonchev–Trinajstić information content (AvgIpc) is 3.26. The minimum Gasteiger partial charge on any atom is -0.456 e. The molecule has 3 heterocycles. The van der Waals surface area contributed by atoms with Crippen molar-refractivity contribution >= 4 is 11.8 Å². The molecular formula is C19H26O8. The fraction of sp³-hybridized carbons (Fsp3) is 0.895. The third-order valence-corrected chi connectivity index (χ3v) is 8.23. The zero-order chi connectivity index (χ0) is 19.7. The van der Waals surface area contributed by atoms with Crippen LogP contribution in [0.4, 0.5) is 0 Å². The number of rotatable bonds is 2. The molecule has 5 aliphatic rings. The Kier molecular flexibility index (Phi) is 3.16. The zero-order valence-electron chi connectivity index (χ0n) is 16.1. The summed E-state index contributed by atoms with van der Waals surface area (Å²) in [6.45, 7) is 7.03. The molecule has 8 nitrogen and oxygen atoms in total. The van der Waals surface area contributed by atoms with Gasteiger partial charge in [-0.05, 0) is 12.8 Å². The van der Waals surface area contributed by atoms with E-state index in [2.05, 4.69) is 0 Å². The van der Waals surface area contributed by atoms with E-state index >= 15 is 0 Å². The second kappa shape index (κ2) is 4.74. The molecule has 2 saturated carbocycles. The van der Waals surface area contributed by atoms with Crippen LogP contribution in [-0.4, -0.2) is 76.4 Å². The number of ketones is 1. The maximum absolute atomic E-state index is 12.9. The van der Waals surface area contributed by atoms with Crippen LogP contribution in [0.3, 0.4) is 0 Å². The van der Waals surface area contributed by atoms with Crippen molar-refractivity contribution in [3.05, 3.63) is 0 Å². The van der Waals surface area contributed by atoms with Gasteiger partial charge in [0, 0.05) is 13.5 Å². The minimum absolute atomic E-state index is 0.0712. The van der Waals surface area contributed by atoms with Crippen LogP contribution in [0.5, 0.6) is 0 Å². The number of hydrogen-bond acceptors (Lipinski definition) is 8. The first-order chi connectivity index (χ1) is 12.5. The molecule has 8 heteroatoms. The van der Waals surface area contributed by atoms with Crippen LogP contribution in [0.1, 0.15) is 34.1 Å². The van der Waals surface area contributed by atoms with Gasteiger partial charge >= 0.3 is 5.97 Å². The summed E-state index contributed by atoms with van der Waals surface area (Å²) in [6.07, 6.45) is -3.63. The lowest BCUT2D eigenvalue weighted by Gasteiger charge is -2.61. The van der Waals surface area contributed by atoms with E-state index in [-0.39, 0.29) is 18.1 Å². The van der Waals surface area contributed by atoms with Gasteiger partial charge in [0.15, 0.2) is 11.9 Å². The first-order valence-corrected chi connectivity index (χ1v) is 9.55. The second-order valence-corrected chi connectivity index (χ2v) is 9.29. The van der Waals surface area contributed by atoms with Crippen molar-refractivity contribution in [3.8, 4) is 0 Å². The van der Waals surface area contributed by atoms with Crippen molar-refractivity contribution in [3.63, 3.8) is 0 Å². The maximum Gasteiger partial charge on any atom is 0.315 e. The molecule has 2 N–H and O–H groups in total. The van der Waals surface area contributed by atoms with Gasteiger partial charge in [0.05, 0.1) is 5.41 Å². The van der Waals surface area contributed by atoms with Gasteiger partial charge in [-0.1, -0.05) is 20.8 Å². The number of methoxy groups -OCH3 is 1. The van der Waals surface area contributed by atoms with Crippen LogP contribution in [0.25, 0.3) is 0 Å². The molecule has 0 amide bonds. The van der Waals surface area contributed by atoms with Gasteiger partial charge in [0.1, 0.15) is 47.1 Å². The van der Waals surface area contributed by atoms with Crippen molar-refractivity contribution in [1.82, 2.24) is 0 Å². The minimum atomic E-state index is -1.77. The first kappa shape index (κ1) is 18.0. The molecule has 27 heavy (non-hydrogen) atoms. The molecule has 5 fully saturated rings. The van der Waals surface area contributed by atoms with Crippen LogP contribution in [0.15, 0.2) is 0 Å². The highest BCUT2D eigenvalue weighted by Crippen LogP contribution is 2.75. The van der Waals surface area contributed by atoms with Crippen molar-refractivity contribution < 1.29 is 38.7 Å². The standard InChI is InChI=1S/C19H26O8/c1-7(2)18(22)10-15(21)26-13(18)11(24-5)16(4)17(6-9(20)8(3)27-17)12-14(25-12)19(10,16)23/h7-8,10-14,22-23H,6H2,1-5H3. The number of Topliss-reactive ketones (excluding diaryl/α,β-unsaturated/α-hetero) is 1. The van der Waals surface area contributed by atoms with Gasteiger partial charge in [0.25, 0.3) is 0 Å². The largest absolute Gasteiger partial charge is 0.456 e. The number of aliphatic hydroxyl groups is 2. The van der Waals surface area contributed by atoms with E-state index in [4.69, 9.17) is 18.9 Å². The highest BCUT2D eigenvalue weighted by Gasteiger charge is 2.94. The van der Waals surface area contributed by atoms with E-state index < -0.39 is 64.6 Å².